The van der Waals surface area contributed by atoms with Gasteiger partial charge in [0, 0.05) is 11.1 Å². The van der Waals surface area contributed by atoms with Crippen LogP contribution in [0, 0.1) is 0 Å². The van der Waals surface area contributed by atoms with Gasteiger partial charge in [0.1, 0.15) is 0 Å². The Balaban J connectivity index is 1.88. The highest BCUT2D eigenvalue weighted by atomic mass is 35.5. The lowest BCUT2D eigenvalue weighted by Crippen LogP contribution is -2.49. The van der Waals surface area contributed by atoms with Crippen molar-refractivity contribution in [3.8, 4) is 0 Å². The number of epoxide rings is 2. The van der Waals surface area contributed by atoms with E-state index in [4.69, 9.17) is 107 Å². The Bertz CT molecular complexity index is 854. The predicted octanol–water partition coefficient (Wildman–Crippen LogP) is 7.38. The Hall–Kier alpha value is 0.640. The fraction of sp³-hybridized carbons (Fsp3) is 0.333. The van der Waals surface area contributed by atoms with Gasteiger partial charge in [-0.1, -0.05) is 153 Å². The van der Waals surface area contributed by atoms with E-state index in [0.29, 0.717) is 11.1 Å². The number of alkyl halides is 8. The molecule has 3 nitrogen and oxygen atoms in total. The third-order valence-electron chi connectivity index (χ3n) is 4.60. The highest BCUT2D eigenvalue weighted by Crippen LogP contribution is 2.74. The van der Waals surface area contributed by atoms with E-state index < -0.39 is 29.3 Å². The van der Waals surface area contributed by atoms with Crippen LogP contribution >= 0.6 is 92.8 Å². The quantitative estimate of drug-likeness (QED) is 0.274. The molecule has 4 atom stereocenters. The Morgan fingerprint density at radius 3 is 1.10 bits per heavy atom. The molecule has 0 spiro atoms. The van der Waals surface area contributed by atoms with Crippen LogP contribution in [0.3, 0.4) is 0 Å². The molecule has 11 heteroatoms. The average Bonchev–Trinajstić information content (AvgIpc) is 3.43. The van der Waals surface area contributed by atoms with Crippen LogP contribution in [0.4, 0.5) is 0 Å². The van der Waals surface area contributed by atoms with Crippen molar-refractivity contribution in [3.63, 3.8) is 0 Å². The lowest BCUT2D eigenvalue weighted by Gasteiger charge is -2.40. The molecule has 2 aromatic carbocycles. The number of halogens is 8. The molecule has 2 fully saturated rings. The molecule has 2 saturated heterocycles. The molecule has 4 unspecified atom stereocenters. The normalized spacial score (nSPS) is 33.4. The summed E-state index contributed by atoms with van der Waals surface area (Å²) in [6.45, 7) is 0. The number of benzene rings is 2. The van der Waals surface area contributed by atoms with E-state index in [9.17, 15) is 0 Å². The van der Waals surface area contributed by atoms with E-state index in [-0.39, 0.29) is 0 Å². The monoisotopic (exact) mass is 554 g/mol. The van der Waals surface area contributed by atoms with Crippen molar-refractivity contribution in [2.45, 2.75) is 29.3 Å². The van der Waals surface area contributed by atoms with Gasteiger partial charge in [0.15, 0.2) is 0 Å². The van der Waals surface area contributed by atoms with E-state index in [2.05, 4.69) is 0 Å². The standard InChI is InChI=1S/C18H10Cl8O3/c19-13(11-7-3-1-4-8-11,15(21)17(23,24)28-15)27-14(20,12-9-5-2-6-10-12)16(22)18(25,26)29-16/h1-10H. The zero-order valence-electron chi connectivity index (χ0n) is 14.0. The van der Waals surface area contributed by atoms with Crippen LogP contribution in [0.2, 0.25) is 0 Å². The van der Waals surface area contributed by atoms with Crippen molar-refractivity contribution in [2.24, 2.45) is 0 Å². The predicted molar refractivity (Wildman–Crippen MR) is 117 cm³/mol. The first-order valence-corrected chi connectivity index (χ1v) is 11.1. The van der Waals surface area contributed by atoms with Crippen LogP contribution in [0.1, 0.15) is 11.1 Å². The molecule has 2 heterocycles. The summed E-state index contributed by atoms with van der Waals surface area (Å²) in [5.74, 6) is 0. The van der Waals surface area contributed by atoms with Crippen LogP contribution in [0.25, 0.3) is 0 Å². The van der Waals surface area contributed by atoms with Gasteiger partial charge in [0.05, 0.1) is 0 Å². The fourth-order valence-corrected chi connectivity index (χ4v) is 5.67. The highest BCUT2D eigenvalue weighted by Gasteiger charge is 2.85. The Morgan fingerprint density at radius 1 is 0.586 bits per heavy atom. The Kier molecular flexibility index (Phi) is 5.56. The first-order valence-electron chi connectivity index (χ1n) is 8.06. The maximum atomic E-state index is 6.92. The molecule has 0 bridgehead atoms. The van der Waals surface area contributed by atoms with Crippen molar-refractivity contribution < 1.29 is 14.2 Å². The van der Waals surface area contributed by atoms with E-state index >= 15 is 0 Å². The van der Waals surface area contributed by atoms with E-state index in [1.807, 2.05) is 0 Å². The summed E-state index contributed by atoms with van der Waals surface area (Å²) in [7, 11) is 0. The number of rotatable bonds is 6. The molecule has 4 rings (SSSR count). The molecule has 2 aliphatic heterocycles. The van der Waals surface area contributed by atoms with Gasteiger partial charge in [-0.15, -0.1) is 0 Å². The van der Waals surface area contributed by atoms with Gasteiger partial charge in [0.25, 0.3) is 9.04 Å². The smallest absolute Gasteiger partial charge is 0.268 e. The Morgan fingerprint density at radius 2 is 0.862 bits per heavy atom. The van der Waals surface area contributed by atoms with Crippen LogP contribution in [0.5, 0.6) is 0 Å². The minimum atomic E-state index is -2.03. The first-order chi connectivity index (χ1) is 13.3. The summed E-state index contributed by atoms with van der Waals surface area (Å²) in [6, 6.07) is 16.9. The third-order valence-corrected chi connectivity index (χ3v) is 8.90. The lowest BCUT2D eigenvalue weighted by atomic mass is 10.0. The van der Waals surface area contributed by atoms with Gasteiger partial charge in [-0.2, -0.15) is 0 Å². The first kappa shape index (κ1) is 22.8. The van der Waals surface area contributed by atoms with Gasteiger partial charge in [-0.25, -0.2) is 0 Å². The molecule has 0 aliphatic carbocycles. The zero-order valence-corrected chi connectivity index (χ0v) is 20.1. The number of hydrogen-bond donors (Lipinski definition) is 0. The van der Waals surface area contributed by atoms with E-state index in [1.165, 1.54) is 0 Å². The Labute approximate surface area is 206 Å². The molecule has 0 aromatic heterocycles. The SMILES string of the molecule is ClC1(Cl)OC1(Cl)C(Cl)(OC(Cl)(c1ccccc1)C1(Cl)OC1(Cl)Cl)c1ccccc1. The zero-order chi connectivity index (χ0) is 21.3. The van der Waals surface area contributed by atoms with Crippen LogP contribution in [-0.4, -0.2) is 19.2 Å². The van der Waals surface area contributed by atoms with Crippen molar-refractivity contribution in [2.75, 3.05) is 0 Å². The van der Waals surface area contributed by atoms with Gasteiger partial charge < -0.3 is 14.2 Å². The summed E-state index contributed by atoms with van der Waals surface area (Å²) in [5, 5.41) is -7.92. The largest absolute Gasteiger partial charge is 0.320 e. The summed E-state index contributed by atoms with van der Waals surface area (Å²) < 4.78 is 13.1. The molecule has 0 saturated carbocycles. The van der Waals surface area contributed by atoms with Crippen molar-refractivity contribution >= 4 is 92.8 Å². The van der Waals surface area contributed by atoms with Crippen molar-refractivity contribution in [1.82, 2.24) is 0 Å². The third kappa shape index (κ3) is 3.29. The van der Waals surface area contributed by atoms with Crippen LogP contribution in [0.15, 0.2) is 60.7 Å². The van der Waals surface area contributed by atoms with Crippen LogP contribution < -0.4 is 0 Å². The topological polar surface area (TPSA) is 34.3 Å². The molecular formula is C18H10Cl8O3. The molecule has 2 aromatic rings. The molecule has 0 radical (unpaired) electrons. The number of ether oxygens (including phenoxy) is 3. The lowest BCUT2D eigenvalue weighted by molar-refractivity contribution is -0.114. The van der Waals surface area contributed by atoms with Gasteiger partial charge in [-0.3, -0.25) is 0 Å². The second-order valence-corrected chi connectivity index (χ2v) is 11.1. The molecule has 2 aliphatic rings. The fourth-order valence-electron chi connectivity index (χ4n) is 2.93. The van der Waals surface area contributed by atoms with E-state index in [1.54, 1.807) is 60.7 Å². The van der Waals surface area contributed by atoms with E-state index in [0.717, 1.165) is 0 Å². The summed E-state index contributed by atoms with van der Waals surface area (Å²) in [6.07, 6.45) is 0. The maximum Gasteiger partial charge on any atom is 0.268 e. The van der Waals surface area contributed by atoms with Gasteiger partial charge >= 0.3 is 0 Å². The summed E-state index contributed by atoms with van der Waals surface area (Å²) >= 11 is 51.5. The van der Waals surface area contributed by atoms with Gasteiger partial charge in [-0.05, 0) is 0 Å². The summed E-state index contributed by atoms with van der Waals surface area (Å²) in [5.41, 5.74) is 0.688. The minimum absolute atomic E-state index is 0.344. The molecular weight excluding hydrogens is 548 g/mol. The van der Waals surface area contributed by atoms with Crippen LogP contribution in [-0.2, 0) is 24.3 Å². The van der Waals surface area contributed by atoms with Crippen molar-refractivity contribution in [3.05, 3.63) is 71.8 Å². The maximum absolute atomic E-state index is 6.92. The number of hydrogen-bond acceptors (Lipinski definition) is 3. The molecule has 0 N–H and O–H groups in total. The molecule has 156 valence electrons. The van der Waals surface area contributed by atoms with Crippen molar-refractivity contribution in [1.29, 1.82) is 0 Å². The second kappa shape index (κ2) is 7.07. The minimum Gasteiger partial charge on any atom is -0.320 e. The summed E-state index contributed by atoms with van der Waals surface area (Å²) in [4.78, 5) is 0. The highest BCUT2D eigenvalue weighted by molar-refractivity contribution is 6.57. The molecule has 29 heavy (non-hydrogen) atoms. The molecule has 0 amide bonds. The second-order valence-electron chi connectivity index (χ2n) is 6.45. The average molecular weight is 558 g/mol. The van der Waals surface area contributed by atoms with Gasteiger partial charge in [0.2, 0.25) is 20.2 Å².